The van der Waals surface area contributed by atoms with Crippen molar-refractivity contribution in [2.45, 2.75) is 103 Å². The SMILES string of the molecule is COC(=O)N[C@H](C(=O)NN(CC1CCCCC1)C[C@H](OC(=O)[C@H]1CCCN1)C(C(=O)[C@@H](NC(=O)OC)C(C)C)C(N)c1ccccc1)C(C)C. The number of benzene rings is 1. The quantitative estimate of drug-likeness (QED) is 0.0911. The third kappa shape index (κ3) is 11.9. The zero-order chi connectivity index (χ0) is 36.8. The topological polar surface area (TPSA) is 190 Å². The maximum absolute atomic E-state index is 14.7. The van der Waals surface area contributed by atoms with Crippen LogP contribution in [0.4, 0.5) is 9.59 Å². The predicted octanol–water partition coefficient (Wildman–Crippen LogP) is 3.21. The van der Waals surface area contributed by atoms with E-state index in [4.69, 9.17) is 19.9 Å². The number of nitrogens with two attached hydrogens (primary N) is 1. The van der Waals surface area contributed by atoms with Crippen LogP contribution in [0.3, 0.4) is 0 Å². The Balaban J connectivity index is 2.10. The average Bonchev–Trinajstić information content (AvgIpc) is 3.65. The van der Waals surface area contributed by atoms with Crippen molar-refractivity contribution in [3.05, 3.63) is 35.9 Å². The second-order valence-corrected chi connectivity index (χ2v) is 14.1. The molecular formula is C36H58N6O8. The Morgan fingerprint density at radius 2 is 1.46 bits per heavy atom. The minimum absolute atomic E-state index is 0.0796. The summed E-state index contributed by atoms with van der Waals surface area (Å²) in [5, 5.41) is 10.1. The number of Topliss-reactive ketones (excluding diaryl/α,β-unsaturated/α-hetero) is 1. The van der Waals surface area contributed by atoms with Crippen LogP contribution in [0.25, 0.3) is 0 Å². The lowest BCUT2D eigenvalue weighted by Gasteiger charge is -2.38. The Bertz CT molecular complexity index is 1250. The van der Waals surface area contributed by atoms with Gasteiger partial charge in [-0.25, -0.2) is 14.6 Å². The number of esters is 1. The van der Waals surface area contributed by atoms with E-state index in [0.717, 1.165) is 38.5 Å². The van der Waals surface area contributed by atoms with Crippen molar-refractivity contribution in [3.63, 3.8) is 0 Å². The number of rotatable bonds is 17. The van der Waals surface area contributed by atoms with Crippen LogP contribution in [0.2, 0.25) is 0 Å². The Hall–Kier alpha value is -3.75. The number of hydrogen-bond donors (Lipinski definition) is 5. The fourth-order valence-electron chi connectivity index (χ4n) is 6.79. The predicted molar refractivity (Wildman–Crippen MR) is 187 cm³/mol. The molecule has 3 amide bonds. The van der Waals surface area contributed by atoms with Crippen LogP contribution in [-0.4, -0.2) is 92.9 Å². The number of amides is 3. The van der Waals surface area contributed by atoms with Crippen molar-refractivity contribution in [2.24, 2.45) is 29.4 Å². The Morgan fingerprint density at radius 1 is 0.860 bits per heavy atom. The normalized spacial score (nSPS) is 19.6. The van der Waals surface area contributed by atoms with E-state index in [9.17, 15) is 24.0 Å². The van der Waals surface area contributed by atoms with Gasteiger partial charge in [0, 0.05) is 12.6 Å². The lowest BCUT2D eigenvalue weighted by atomic mass is 9.80. The van der Waals surface area contributed by atoms with Gasteiger partial charge in [0.05, 0.1) is 32.7 Å². The third-order valence-corrected chi connectivity index (χ3v) is 9.62. The van der Waals surface area contributed by atoms with Gasteiger partial charge in [-0.2, -0.15) is 0 Å². The zero-order valence-electron chi connectivity index (χ0n) is 30.4. The van der Waals surface area contributed by atoms with Crippen LogP contribution >= 0.6 is 0 Å². The molecule has 1 aromatic carbocycles. The van der Waals surface area contributed by atoms with Crippen molar-refractivity contribution in [2.75, 3.05) is 33.9 Å². The fraction of sp³-hybridized carbons (Fsp3) is 0.694. The summed E-state index contributed by atoms with van der Waals surface area (Å²) in [7, 11) is 2.44. The Kier molecular flexibility index (Phi) is 16.4. The van der Waals surface area contributed by atoms with Gasteiger partial charge in [-0.15, -0.1) is 0 Å². The van der Waals surface area contributed by atoms with Gasteiger partial charge >= 0.3 is 18.2 Å². The molecule has 1 aliphatic heterocycles. The molecule has 14 heteroatoms. The van der Waals surface area contributed by atoms with Crippen molar-refractivity contribution < 1.29 is 38.2 Å². The van der Waals surface area contributed by atoms with Crippen LogP contribution in [0.1, 0.15) is 84.2 Å². The molecular weight excluding hydrogens is 644 g/mol. The molecule has 280 valence electrons. The van der Waals surface area contributed by atoms with E-state index in [1.54, 1.807) is 44.8 Å². The molecule has 1 heterocycles. The number of alkyl carbamates (subject to hydrolysis) is 2. The van der Waals surface area contributed by atoms with Gasteiger partial charge in [-0.1, -0.05) is 77.3 Å². The minimum atomic E-state index is -1.15. The summed E-state index contributed by atoms with van der Waals surface area (Å²) in [6, 6.07) is 5.58. The molecule has 1 saturated carbocycles. The van der Waals surface area contributed by atoms with E-state index >= 15 is 0 Å². The molecule has 0 aromatic heterocycles. The summed E-state index contributed by atoms with van der Waals surface area (Å²) < 4.78 is 15.9. The highest BCUT2D eigenvalue weighted by atomic mass is 16.6. The monoisotopic (exact) mass is 702 g/mol. The first kappa shape index (κ1) is 40.7. The summed E-state index contributed by atoms with van der Waals surface area (Å²) >= 11 is 0. The third-order valence-electron chi connectivity index (χ3n) is 9.62. The first-order valence-electron chi connectivity index (χ1n) is 17.9. The van der Waals surface area contributed by atoms with Crippen LogP contribution in [0.5, 0.6) is 0 Å². The maximum Gasteiger partial charge on any atom is 0.407 e. The van der Waals surface area contributed by atoms with E-state index in [1.807, 2.05) is 18.2 Å². The van der Waals surface area contributed by atoms with Crippen LogP contribution in [0.15, 0.2) is 30.3 Å². The average molecular weight is 703 g/mol. The van der Waals surface area contributed by atoms with E-state index in [1.165, 1.54) is 14.2 Å². The summed E-state index contributed by atoms with van der Waals surface area (Å²) in [5.41, 5.74) is 10.6. The number of methoxy groups -OCH3 is 2. The lowest BCUT2D eigenvalue weighted by molar-refractivity contribution is -0.159. The summed E-state index contributed by atoms with van der Waals surface area (Å²) in [4.78, 5) is 66.9. The molecule has 1 aliphatic carbocycles. The second kappa shape index (κ2) is 20.2. The highest BCUT2D eigenvalue weighted by Gasteiger charge is 2.44. The van der Waals surface area contributed by atoms with Crippen molar-refractivity contribution in [1.82, 2.24) is 26.4 Å². The van der Waals surface area contributed by atoms with E-state index in [2.05, 4.69) is 21.4 Å². The van der Waals surface area contributed by atoms with Gasteiger partial charge in [0.1, 0.15) is 18.2 Å². The van der Waals surface area contributed by atoms with Gasteiger partial charge in [0.25, 0.3) is 5.91 Å². The van der Waals surface area contributed by atoms with Crippen LogP contribution < -0.4 is 27.1 Å². The molecule has 1 saturated heterocycles. The molecule has 6 atom stereocenters. The van der Waals surface area contributed by atoms with E-state index < -0.39 is 66.0 Å². The van der Waals surface area contributed by atoms with Crippen LogP contribution in [0, 0.1) is 23.7 Å². The number of nitrogens with one attached hydrogen (secondary N) is 4. The molecule has 3 rings (SSSR count). The molecule has 0 spiro atoms. The number of hydrazine groups is 1. The van der Waals surface area contributed by atoms with Gasteiger partial charge < -0.3 is 35.9 Å². The van der Waals surface area contributed by atoms with Crippen molar-refractivity contribution >= 4 is 29.8 Å². The number of ether oxygens (including phenoxy) is 3. The zero-order valence-corrected chi connectivity index (χ0v) is 30.4. The number of hydrogen-bond acceptors (Lipinski definition) is 11. The lowest BCUT2D eigenvalue weighted by Crippen LogP contribution is -2.59. The largest absolute Gasteiger partial charge is 0.459 e. The first-order chi connectivity index (χ1) is 23.9. The molecule has 0 bridgehead atoms. The Labute approximate surface area is 296 Å². The highest BCUT2D eigenvalue weighted by Crippen LogP contribution is 2.30. The molecule has 1 aromatic rings. The van der Waals surface area contributed by atoms with Gasteiger partial charge in [0.2, 0.25) is 0 Å². The molecule has 50 heavy (non-hydrogen) atoms. The number of ketones is 1. The number of carbonyl (C=O) groups is 5. The minimum Gasteiger partial charge on any atom is -0.459 e. The molecule has 0 radical (unpaired) electrons. The van der Waals surface area contributed by atoms with Crippen molar-refractivity contribution in [1.29, 1.82) is 0 Å². The highest BCUT2D eigenvalue weighted by molar-refractivity contribution is 5.91. The smallest absolute Gasteiger partial charge is 0.407 e. The molecule has 14 nitrogen and oxygen atoms in total. The molecule has 2 aliphatic rings. The van der Waals surface area contributed by atoms with Crippen molar-refractivity contribution in [3.8, 4) is 0 Å². The summed E-state index contributed by atoms with van der Waals surface area (Å²) in [6.07, 6.45) is 3.81. The number of nitrogens with zero attached hydrogens (tertiary/aromatic N) is 1. The standard InChI is InChI=1S/C36H58N6O8/c1-22(2)30(39-35(46)48-5)32(43)28(29(37)25-16-11-8-12-17-25)27(50-34(45)26-18-13-19-38-26)21-42(20-24-14-9-7-10-15-24)41-33(44)31(23(3)4)40-36(47)49-6/h8,11-12,16-17,22-24,26-31,38H,7,9-10,13-15,18-21,37H2,1-6H3,(H,39,46)(H,40,47)(H,41,44)/t26-,27+,28?,29?,30+,31+/m1/s1. The summed E-state index contributed by atoms with van der Waals surface area (Å²) in [5.74, 6) is -3.01. The second-order valence-electron chi connectivity index (χ2n) is 14.1. The molecule has 2 unspecified atom stereocenters. The molecule has 6 N–H and O–H groups in total. The Morgan fingerprint density at radius 3 is 2.00 bits per heavy atom. The first-order valence-corrected chi connectivity index (χ1v) is 17.9. The van der Waals surface area contributed by atoms with Gasteiger partial charge in [-0.05, 0) is 55.5 Å². The summed E-state index contributed by atoms with van der Waals surface area (Å²) in [6.45, 7) is 8.19. The maximum atomic E-state index is 14.7. The van der Waals surface area contributed by atoms with Crippen LogP contribution in [-0.2, 0) is 28.6 Å². The number of carbonyl (C=O) groups excluding carboxylic acids is 5. The van der Waals surface area contributed by atoms with Gasteiger partial charge in [0.15, 0.2) is 5.78 Å². The fourth-order valence-corrected chi connectivity index (χ4v) is 6.79. The molecule has 2 fully saturated rings. The van der Waals surface area contributed by atoms with E-state index in [-0.39, 0.29) is 24.3 Å². The van der Waals surface area contributed by atoms with Gasteiger partial charge in [-0.3, -0.25) is 19.8 Å². The van der Waals surface area contributed by atoms with E-state index in [0.29, 0.717) is 25.1 Å².